The Morgan fingerprint density at radius 3 is 2.84 bits per heavy atom. The Morgan fingerprint density at radius 2 is 2.16 bits per heavy atom. The number of carbonyl (C=O) groups excluding carboxylic acids is 1. The second kappa shape index (κ2) is 5.40. The van der Waals surface area contributed by atoms with Crippen LogP contribution >= 0.6 is 0 Å². The molecule has 1 aromatic heterocycles. The molecule has 2 aromatic rings. The molecule has 2 rings (SSSR count). The van der Waals surface area contributed by atoms with Crippen molar-refractivity contribution in [3.05, 3.63) is 46.1 Å². The van der Waals surface area contributed by atoms with Crippen LogP contribution in [0.15, 0.2) is 30.3 Å². The number of carbonyl (C=O) groups is 1. The number of nitro groups is 1. The molecule has 0 aliphatic rings. The summed E-state index contributed by atoms with van der Waals surface area (Å²) in [5.74, 6) is -0.398. The summed E-state index contributed by atoms with van der Waals surface area (Å²) in [6.45, 7) is 0.648. The molecule has 0 saturated carbocycles. The zero-order valence-corrected chi connectivity index (χ0v) is 10.00. The maximum atomic E-state index is 11.7. The Bertz CT molecular complexity index is 642. The molecule has 0 aliphatic heterocycles. The number of fused-ring (bicyclic) bond motifs is 1. The zero-order chi connectivity index (χ0) is 13.8. The molecular weight excluding hydrogens is 248 g/mol. The second-order valence-corrected chi connectivity index (χ2v) is 3.85. The third-order valence-electron chi connectivity index (χ3n) is 2.56. The summed E-state index contributed by atoms with van der Waals surface area (Å²) in [5, 5.41) is 14.1. The van der Waals surface area contributed by atoms with Gasteiger partial charge in [0.1, 0.15) is 11.2 Å². The smallest absolute Gasteiger partial charge is 0.295 e. The van der Waals surface area contributed by atoms with Crippen molar-refractivity contribution in [3.8, 4) is 0 Å². The fraction of sp³-hybridized carbons (Fsp3) is 0.167. The van der Waals surface area contributed by atoms with Crippen molar-refractivity contribution in [1.82, 2.24) is 10.3 Å². The number of benzene rings is 1. The van der Waals surface area contributed by atoms with E-state index in [1.807, 2.05) is 0 Å². The molecule has 1 amide bonds. The highest BCUT2D eigenvalue weighted by Crippen LogP contribution is 2.23. The summed E-state index contributed by atoms with van der Waals surface area (Å²) in [6, 6.07) is 7.80. The molecule has 1 heterocycles. The van der Waals surface area contributed by atoms with Gasteiger partial charge in [0.05, 0.1) is 4.92 Å². The summed E-state index contributed by atoms with van der Waals surface area (Å²) in [4.78, 5) is 26.2. The third-order valence-corrected chi connectivity index (χ3v) is 2.56. The van der Waals surface area contributed by atoms with E-state index in [0.717, 1.165) is 0 Å². The Hall–Kier alpha value is -2.54. The first-order chi connectivity index (χ1) is 9.13. The van der Waals surface area contributed by atoms with E-state index in [0.29, 0.717) is 18.5 Å². The van der Waals surface area contributed by atoms with Gasteiger partial charge >= 0.3 is 0 Å². The van der Waals surface area contributed by atoms with Gasteiger partial charge < -0.3 is 11.1 Å². The largest absolute Gasteiger partial charge is 0.349 e. The van der Waals surface area contributed by atoms with E-state index < -0.39 is 10.8 Å². The second-order valence-electron chi connectivity index (χ2n) is 3.85. The van der Waals surface area contributed by atoms with Crippen molar-refractivity contribution >= 4 is 22.5 Å². The number of nitrogens with one attached hydrogen (secondary N) is 1. The molecule has 0 fully saturated rings. The standard InChI is InChI=1S/C12H12N4O3/c13-6-7-14-12(17)9-5-4-8-2-1-3-10(16(18)19)11(8)15-9/h1-5H,6-7,13H2,(H,14,17). The molecule has 98 valence electrons. The Labute approximate surface area is 108 Å². The molecule has 3 N–H and O–H groups in total. The summed E-state index contributed by atoms with van der Waals surface area (Å²) < 4.78 is 0. The lowest BCUT2D eigenvalue weighted by atomic mass is 10.1. The predicted molar refractivity (Wildman–Crippen MR) is 69.8 cm³/mol. The molecule has 0 saturated heterocycles. The van der Waals surface area contributed by atoms with Crippen LogP contribution in [0.3, 0.4) is 0 Å². The van der Waals surface area contributed by atoms with Crippen LogP contribution in [0, 0.1) is 10.1 Å². The minimum Gasteiger partial charge on any atom is -0.349 e. The quantitative estimate of drug-likeness (QED) is 0.624. The summed E-state index contributed by atoms with van der Waals surface area (Å²) >= 11 is 0. The maximum absolute atomic E-state index is 11.7. The lowest BCUT2D eigenvalue weighted by Crippen LogP contribution is -2.29. The molecule has 0 spiro atoms. The monoisotopic (exact) mass is 260 g/mol. The molecular formula is C12H12N4O3. The molecule has 0 aliphatic carbocycles. The van der Waals surface area contributed by atoms with Crippen molar-refractivity contribution in [2.75, 3.05) is 13.1 Å². The Morgan fingerprint density at radius 1 is 1.37 bits per heavy atom. The summed E-state index contributed by atoms with van der Waals surface area (Å²) in [5.41, 5.74) is 5.50. The van der Waals surface area contributed by atoms with Crippen molar-refractivity contribution in [3.63, 3.8) is 0 Å². The average molecular weight is 260 g/mol. The van der Waals surface area contributed by atoms with Gasteiger partial charge in [-0.15, -0.1) is 0 Å². The number of nitrogens with two attached hydrogens (primary N) is 1. The van der Waals surface area contributed by atoms with Crippen LogP contribution in [-0.2, 0) is 0 Å². The van der Waals surface area contributed by atoms with Crippen LogP contribution in [0.4, 0.5) is 5.69 Å². The molecule has 1 aromatic carbocycles. The summed E-state index contributed by atoms with van der Waals surface area (Å²) in [6.07, 6.45) is 0. The van der Waals surface area contributed by atoms with E-state index >= 15 is 0 Å². The molecule has 19 heavy (non-hydrogen) atoms. The number of amides is 1. The Balaban J connectivity index is 2.46. The van der Waals surface area contributed by atoms with Gasteiger partial charge in [-0.1, -0.05) is 18.2 Å². The highest BCUT2D eigenvalue weighted by Gasteiger charge is 2.15. The van der Waals surface area contributed by atoms with Gasteiger partial charge in [0, 0.05) is 24.5 Å². The van der Waals surface area contributed by atoms with E-state index in [1.165, 1.54) is 12.1 Å². The number of non-ortho nitro benzene ring substituents is 1. The SMILES string of the molecule is NCCNC(=O)c1ccc2cccc([N+](=O)[O-])c2n1. The van der Waals surface area contributed by atoms with Gasteiger partial charge in [-0.05, 0) is 6.07 Å². The number of rotatable bonds is 4. The van der Waals surface area contributed by atoms with Crippen LogP contribution in [0.5, 0.6) is 0 Å². The number of nitrogens with zero attached hydrogens (tertiary/aromatic N) is 2. The molecule has 7 nitrogen and oxygen atoms in total. The van der Waals surface area contributed by atoms with Crippen LogP contribution in [0.1, 0.15) is 10.5 Å². The summed E-state index contributed by atoms with van der Waals surface area (Å²) in [7, 11) is 0. The number of nitro benzene ring substituents is 1. The maximum Gasteiger partial charge on any atom is 0.295 e. The highest BCUT2D eigenvalue weighted by molar-refractivity contribution is 5.96. The van der Waals surface area contributed by atoms with Crippen LogP contribution < -0.4 is 11.1 Å². The number of hydrogen-bond acceptors (Lipinski definition) is 5. The minimum atomic E-state index is -0.517. The van der Waals surface area contributed by atoms with E-state index in [9.17, 15) is 14.9 Å². The van der Waals surface area contributed by atoms with Gasteiger partial charge in [0.25, 0.3) is 11.6 Å². The van der Waals surface area contributed by atoms with Crippen LogP contribution in [-0.4, -0.2) is 28.9 Å². The van der Waals surface area contributed by atoms with Gasteiger partial charge in [-0.2, -0.15) is 0 Å². The lowest BCUT2D eigenvalue weighted by molar-refractivity contribution is -0.383. The topological polar surface area (TPSA) is 111 Å². The van der Waals surface area contributed by atoms with Crippen molar-refractivity contribution in [1.29, 1.82) is 0 Å². The Kier molecular flexibility index (Phi) is 3.67. The average Bonchev–Trinajstić information content (AvgIpc) is 2.43. The van der Waals surface area contributed by atoms with Crippen molar-refractivity contribution in [2.45, 2.75) is 0 Å². The number of hydrogen-bond donors (Lipinski definition) is 2. The number of para-hydroxylation sites is 1. The molecule has 0 unspecified atom stereocenters. The highest BCUT2D eigenvalue weighted by atomic mass is 16.6. The molecule has 7 heteroatoms. The third kappa shape index (κ3) is 2.66. The van der Waals surface area contributed by atoms with E-state index in [1.54, 1.807) is 18.2 Å². The molecule has 0 atom stereocenters. The first-order valence-electron chi connectivity index (χ1n) is 5.66. The number of aromatic nitrogens is 1. The fourth-order valence-electron chi connectivity index (χ4n) is 1.68. The predicted octanol–water partition coefficient (Wildman–Crippen LogP) is 0.831. The normalized spacial score (nSPS) is 10.4. The van der Waals surface area contributed by atoms with E-state index in [2.05, 4.69) is 10.3 Å². The minimum absolute atomic E-state index is 0.119. The van der Waals surface area contributed by atoms with Crippen molar-refractivity contribution in [2.24, 2.45) is 5.73 Å². The lowest BCUT2D eigenvalue weighted by Gasteiger charge is -2.04. The zero-order valence-electron chi connectivity index (χ0n) is 10.00. The van der Waals surface area contributed by atoms with E-state index in [4.69, 9.17) is 5.73 Å². The van der Waals surface area contributed by atoms with Gasteiger partial charge in [-0.25, -0.2) is 4.98 Å². The van der Waals surface area contributed by atoms with E-state index in [-0.39, 0.29) is 16.9 Å². The van der Waals surface area contributed by atoms with Crippen LogP contribution in [0.25, 0.3) is 10.9 Å². The molecule has 0 radical (unpaired) electrons. The van der Waals surface area contributed by atoms with Gasteiger partial charge in [0.15, 0.2) is 0 Å². The van der Waals surface area contributed by atoms with Crippen molar-refractivity contribution < 1.29 is 9.72 Å². The van der Waals surface area contributed by atoms with Gasteiger partial charge in [0.2, 0.25) is 0 Å². The first-order valence-corrected chi connectivity index (χ1v) is 5.66. The van der Waals surface area contributed by atoms with Crippen LogP contribution in [0.2, 0.25) is 0 Å². The number of pyridine rings is 1. The van der Waals surface area contributed by atoms with Gasteiger partial charge in [-0.3, -0.25) is 14.9 Å². The first kappa shape index (κ1) is 12.9. The molecule has 0 bridgehead atoms. The fourth-order valence-corrected chi connectivity index (χ4v) is 1.68.